The predicted molar refractivity (Wildman–Crippen MR) is 135 cm³/mol. The standard InChI is InChI=1S/C29H26N2O4/c1-2-35-22-14-12-20(13-15-22)27(32)25-26(19-8-4-3-5-9-19)31(29(34)28(25)33)17-16-21-18-30-24-11-7-6-10-23(21)24/h3-15,18,26,30,32H,2,16-17H2,1H3/b27-25+. The minimum absolute atomic E-state index is 0.101. The molecule has 2 heterocycles. The van der Waals surface area contributed by atoms with Crippen LogP contribution in [0.15, 0.2) is 90.6 Å². The smallest absolute Gasteiger partial charge is 0.295 e. The summed E-state index contributed by atoms with van der Waals surface area (Å²) in [5, 5.41) is 12.3. The van der Waals surface area contributed by atoms with Crippen LogP contribution in [0.1, 0.15) is 29.7 Å². The summed E-state index contributed by atoms with van der Waals surface area (Å²) in [6, 6.07) is 23.6. The number of aliphatic hydroxyl groups is 1. The average Bonchev–Trinajstić information content (AvgIpc) is 3.42. The van der Waals surface area contributed by atoms with E-state index in [4.69, 9.17) is 4.74 Å². The minimum Gasteiger partial charge on any atom is -0.507 e. The number of rotatable bonds is 7. The van der Waals surface area contributed by atoms with Gasteiger partial charge in [0.25, 0.3) is 11.7 Å². The molecule has 176 valence electrons. The number of ketones is 1. The number of aromatic amines is 1. The zero-order chi connectivity index (χ0) is 24.4. The van der Waals surface area contributed by atoms with Crippen LogP contribution in [0.3, 0.4) is 0 Å². The molecular weight excluding hydrogens is 440 g/mol. The summed E-state index contributed by atoms with van der Waals surface area (Å²) in [6.45, 7) is 2.76. The predicted octanol–water partition coefficient (Wildman–Crippen LogP) is 5.23. The first kappa shape index (κ1) is 22.5. The first-order valence-electron chi connectivity index (χ1n) is 11.7. The maximum Gasteiger partial charge on any atom is 0.295 e. The highest BCUT2D eigenvalue weighted by Crippen LogP contribution is 2.39. The fourth-order valence-corrected chi connectivity index (χ4v) is 4.70. The fourth-order valence-electron chi connectivity index (χ4n) is 4.70. The number of ether oxygens (including phenoxy) is 1. The Morgan fingerprint density at radius 3 is 2.43 bits per heavy atom. The normalized spacial score (nSPS) is 17.3. The molecule has 1 unspecified atom stereocenters. The Morgan fingerprint density at radius 1 is 0.971 bits per heavy atom. The summed E-state index contributed by atoms with van der Waals surface area (Å²) in [6.07, 6.45) is 2.52. The SMILES string of the molecule is CCOc1ccc(/C(O)=C2\C(=O)C(=O)N(CCc3c[nH]c4ccccc34)C2c2ccccc2)cc1. The van der Waals surface area contributed by atoms with E-state index >= 15 is 0 Å². The van der Waals surface area contributed by atoms with Gasteiger partial charge < -0.3 is 19.7 Å². The molecule has 0 radical (unpaired) electrons. The van der Waals surface area contributed by atoms with Crippen LogP contribution >= 0.6 is 0 Å². The number of nitrogens with one attached hydrogen (secondary N) is 1. The van der Waals surface area contributed by atoms with Crippen molar-refractivity contribution in [3.05, 3.63) is 107 Å². The molecule has 5 rings (SSSR count). The Kier molecular flexibility index (Phi) is 6.10. The molecule has 0 saturated carbocycles. The third kappa shape index (κ3) is 4.19. The van der Waals surface area contributed by atoms with E-state index in [1.165, 1.54) is 0 Å². The maximum absolute atomic E-state index is 13.2. The molecule has 4 aromatic rings. The lowest BCUT2D eigenvalue weighted by Gasteiger charge is -2.25. The first-order chi connectivity index (χ1) is 17.1. The Labute approximate surface area is 203 Å². The van der Waals surface area contributed by atoms with Crippen LogP contribution in [0, 0.1) is 0 Å². The van der Waals surface area contributed by atoms with Gasteiger partial charge in [-0.2, -0.15) is 0 Å². The van der Waals surface area contributed by atoms with Gasteiger partial charge in [0.1, 0.15) is 11.5 Å². The van der Waals surface area contributed by atoms with Gasteiger partial charge in [0.2, 0.25) is 0 Å². The van der Waals surface area contributed by atoms with Crippen molar-refractivity contribution in [1.29, 1.82) is 0 Å². The zero-order valence-electron chi connectivity index (χ0n) is 19.4. The lowest BCUT2D eigenvalue weighted by Crippen LogP contribution is -2.31. The van der Waals surface area contributed by atoms with Gasteiger partial charge >= 0.3 is 0 Å². The largest absolute Gasteiger partial charge is 0.507 e. The second-order valence-electron chi connectivity index (χ2n) is 8.47. The number of amides is 1. The summed E-state index contributed by atoms with van der Waals surface area (Å²) in [5.74, 6) is -0.798. The number of benzene rings is 3. The summed E-state index contributed by atoms with van der Waals surface area (Å²) < 4.78 is 5.48. The number of likely N-dealkylation sites (tertiary alicyclic amines) is 1. The average molecular weight is 467 g/mol. The fraction of sp³-hybridized carbons (Fsp3) is 0.172. The van der Waals surface area contributed by atoms with E-state index in [9.17, 15) is 14.7 Å². The van der Waals surface area contributed by atoms with E-state index in [1.54, 1.807) is 29.2 Å². The third-order valence-corrected chi connectivity index (χ3v) is 6.39. The third-order valence-electron chi connectivity index (χ3n) is 6.39. The number of carbonyl (C=O) groups excluding carboxylic acids is 2. The number of aromatic nitrogens is 1. The van der Waals surface area contributed by atoms with E-state index in [2.05, 4.69) is 4.98 Å². The molecule has 1 aliphatic rings. The molecule has 3 aromatic carbocycles. The lowest BCUT2D eigenvalue weighted by atomic mass is 9.95. The molecule has 1 aromatic heterocycles. The number of H-pyrrole nitrogens is 1. The number of fused-ring (bicyclic) bond motifs is 1. The first-order valence-corrected chi connectivity index (χ1v) is 11.7. The van der Waals surface area contributed by atoms with Crippen molar-refractivity contribution in [1.82, 2.24) is 9.88 Å². The van der Waals surface area contributed by atoms with Crippen molar-refractivity contribution in [2.75, 3.05) is 13.2 Å². The van der Waals surface area contributed by atoms with E-state index in [0.29, 0.717) is 30.9 Å². The number of para-hydroxylation sites is 1. The minimum atomic E-state index is -0.677. The highest BCUT2D eigenvalue weighted by molar-refractivity contribution is 6.46. The molecule has 0 bridgehead atoms. The van der Waals surface area contributed by atoms with Gasteiger partial charge in [-0.15, -0.1) is 0 Å². The van der Waals surface area contributed by atoms with E-state index in [-0.39, 0.29) is 11.3 Å². The van der Waals surface area contributed by atoms with Crippen LogP contribution in [-0.2, 0) is 16.0 Å². The second-order valence-corrected chi connectivity index (χ2v) is 8.47. The Hall–Kier alpha value is -4.32. The number of hydrogen-bond donors (Lipinski definition) is 2. The van der Waals surface area contributed by atoms with Crippen molar-refractivity contribution < 1.29 is 19.4 Å². The zero-order valence-corrected chi connectivity index (χ0v) is 19.4. The topological polar surface area (TPSA) is 82.6 Å². The summed E-state index contributed by atoms with van der Waals surface area (Å²) in [7, 11) is 0. The summed E-state index contributed by atoms with van der Waals surface area (Å²) in [5.41, 5.74) is 3.44. The van der Waals surface area contributed by atoms with Crippen molar-refractivity contribution in [3.8, 4) is 5.75 Å². The van der Waals surface area contributed by atoms with Gasteiger partial charge in [-0.25, -0.2) is 0 Å². The Morgan fingerprint density at radius 2 is 1.69 bits per heavy atom. The number of nitrogens with zero attached hydrogens (tertiary/aromatic N) is 1. The molecular formula is C29H26N2O4. The van der Waals surface area contributed by atoms with Gasteiger partial charge in [-0.1, -0.05) is 48.5 Å². The lowest BCUT2D eigenvalue weighted by molar-refractivity contribution is -0.139. The molecule has 6 heteroatoms. The van der Waals surface area contributed by atoms with Crippen LogP contribution in [0.4, 0.5) is 0 Å². The van der Waals surface area contributed by atoms with Crippen LogP contribution in [0.25, 0.3) is 16.7 Å². The molecule has 6 nitrogen and oxygen atoms in total. The quantitative estimate of drug-likeness (QED) is 0.222. The van der Waals surface area contributed by atoms with Gasteiger partial charge in [0.05, 0.1) is 18.2 Å². The van der Waals surface area contributed by atoms with E-state index < -0.39 is 17.7 Å². The van der Waals surface area contributed by atoms with Gasteiger partial charge in [0.15, 0.2) is 0 Å². The molecule has 0 aliphatic carbocycles. The molecule has 2 N–H and O–H groups in total. The summed E-state index contributed by atoms with van der Waals surface area (Å²) in [4.78, 5) is 31.2. The molecule has 1 saturated heterocycles. The Balaban J connectivity index is 1.52. The highest BCUT2D eigenvalue weighted by atomic mass is 16.5. The number of aliphatic hydroxyl groups excluding tert-OH is 1. The Bertz CT molecular complexity index is 1400. The monoisotopic (exact) mass is 466 g/mol. The molecule has 1 aliphatic heterocycles. The summed E-state index contributed by atoms with van der Waals surface area (Å²) >= 11 is 0. The van der Waals surface area contributed by atoms with Crippen molar-refractivity contribution in [2.24, 2.45) is 0 Å². The van der Waals surface area contributed by atoms with Gasteiger partial charge in [-0.3, -0.25) is 9.59 Å². The van der Waals surface area contributed by atoms with Gasteiger partial charge in [-0.05, 0) is 54.8 Å². The molecule has 1 fully saturated rings. The number of Topliss-reactive ketones (excluding diaryl/α,β-unsaturated/α-hetero) is 1. The molecule has 1 atom stereocenters. The molecule has 1 amide bonds. The maximum atomic E-state index is 13.2. The number of carbonyl (C=O) groups is 2. The van der Waals surface area contributed by atoms with E-state index in [0.717, 1.165) is 22.0 Å². The van der Waals surface area contributed by atoms with Crippen LogP contribution in [0.2, 0.25) is 0 Å². The molecule has 0 spiro atoms. The van der Waals surface area contributed by atoms with Gasteiger partial charge in [0, 0.05) is 29.2 Å². The van der Waals surface area contributed by atoms with Crippen molar-refractivity contribution >= 4 is 28.4 Å². The highest BCUT2D eigenvalue weighted by Gasteiger charge is 2.45. The van der Waals surface area contributed by atoms with Crippen LogP contribution < -0.4 is 4.74 Å². The van der Waals surface area contributed by atoms with Crippen molar-refractivity contribution in [3.63, 3.8) is 0 Å². The molecule has 35 heavy (non-hydrogen) atoms. The van der Waals surface area contributed by atoms with Crippen LogP contribution in [0.5, 0.6) is 5.75 Å². The number of hydrogen-bond acceptors (Lipinski definition) is 4. The van der Waals surface area contributed by atoms with Crippen LogP contribution in [-0.4, -0.2) is 39.8 Å². The second kappa shape index (κ2) is 9.50. The van der Waals surface area contributed by atoms with E-state index in [1.807, 2.05) is 67.7 Å². The van der Waals surface area contributed by atoms with Crippen molar-refractivity contribution in [2.45, 2.75) is 19.4 Å².